The minimum atomic E-state index is -0.746. The number of nitrogens with one attached hydrogen (secondary N) is 2. The van der Waals surface area contributed by atoms with Crippen molar-refractivity contribution < 1.29 is 14.2 Å². The summed E-state index contributed by atoms with van der Waals surface area (Å²) < 4.78 is 18.3. The Labute approximate surface area is 157 Å². The zero-order valence-electron chi connectivity index (χ0n) is 14.6. The van der Waals surface area contributed by atoms with Gasteiger partial charge in [-0.05, 0) is 42.8 Å². The van der Waals surface area contributed by atoms with Crippen molar-refractivity contribution in [1.82, 2.24) is 10.6 Å². The van der Waals surface area contributed by atoms with Crippen LogP contribution in [0.4, 0.5) is 4.39 Å². The van der Waals surface area contributed by atoms with Crippen LogP contribution in [0.2, 0.25) is 5.02 Å². The molecule has 26 heavy (non-hydrogen) atoms. The fraction of sp³-hybridized carbons (Fsp3) is 0.316. The monoisotopic (exact) mass is 379 g/mol. The fourth-order valence-electron chi connectivity index (χ4n) is 2.13. The molecule has 0 bridgehead atoms. The molecule has 1 unspecified atom stereocenters. The molecule has 0 spiro atoms. The van der Waals surface area contributed by atoms with Crippen LogP contribution in [0.25, 0.3) is 0 Å². The third-order valence-corrected chi connectivity index (χ3v) is 3.84. The van der Waals surface area contributed by atoms with Gasteiger partial charge in [0.25, 0.3) is 0 Å². The van der Waals surface area contributed by atoms with Gasteiger partial charge in [0.2, 0.25) is 0 Å². The van der Waals surface area contributed by atoms with Crippen molar-refractivity contribution in [2.45, 2.75) is 19.6 Å². The number of nitrogens with zero attached hydrogens (tertiary/aromatic N) is 1. The Hall–Kier alpha value is -2.31. The molecule has 2 aromatic carbocycles. The molecule has 3 N–H and O–H groups in total. The van der Waals surface area contributed by atoms with Crippen LogP contribution in [0.5, 0.6) is 5.75 Å². The first-order valence-corrected chi connectivity index (χ1v) is 8.78. The van der Waals surface area contributed by atoms with E-state index in [1.807, 2.05) is 31.2 Å². The van der Waals surface area contributed by atoms with Gasteiger partial charge in [-0.1, -0.05) is 29.8 Å². The predicted octanol–water partition coefficient (Wildman–Crippen LogP) is 2.97. The van der Waals surface area contributed by atoms with Crippen LogP contribution in [0.15, 0.2) is 53.5 Å². The van der Waals surface area contributed by atoms with Crippen LogP contribution in [0, 0.1) is 5.82 Å². The van der Waals surface area contributed by atoms with Crippen LogP contribution < -0.4 is 15.4 Å². The number of hydrogen-bond donors (Lipinski definition) is 3. The van der Waals surface area contributed by atoms with Crippen molar-refractivity contribution in [3.63, 3.8) is 0 Å². The van der Waals surface area contributed by atoms with Crippen LogP contribution in [0.3, 0.4) is 0 Å². The number of rotatable bonds is 8. The van der Waals surface area contributed by atoms with Crippen molar-refractivity contribution in [2.24, 2.45) is 4.99 Å². The number of aliphatic hydroxyl groups is 1. The Kier molecular flexibility index (Phi) is 8.18. The van der Waals surface area contributed by atoms with Crippen molar-refractivity contribution >= 4 is 17.6 Å². The average molecular weight is 380 g/mol. The zero-order valence-corrected chi connectivity index (χ0v) is 15.3. The summed E-state index contributed by atoms with van der Waals surface area (Å²) >= 11 is 6.13. The predicted molar refractivity (Wildman–Crippen MR) is 102 cm³/mol. The molecule has 2 aromatic rings. The van der Waals surface area contributed by atoms with Gasteiger partial charge in [0.1, 0.15) is 24.3 Å². The molecule has 0 amide bonds. The first-order chi connectivity index (χ1) is 12.6. The van der Waals surface area contributed by atoms with Crippen molar-refractivity contribution in [3.05, 3.63) is 64.9 Å². The molecule has 0 aromatic heterocycles. The Balaban J connectivity index is 1.82. The van der Waals surface area contributed by atoms with E-state index < -0.39 is 6.10 Å². The summed E-state index contributed by atoms with van der Waals surface area (Å²) in [7, 11) is 0. The lowest BCUT2D eigenvalue weighted by molar-refractivity contribution is 0.110. The molecular weight excluding hydrogens is 357 g/mol. The van der Waals surface area contributed by atoms with Crippen LogP contribution in [-0.4, -0.2) is 36.9 Å². The van der Waals surface area contributed by atoms with E-state index in [9.17, 15) is 9.50 Å². The lowest BCUT2D eigenvalue weighted by atomic mass is 10.2. The standard InChI is InChI=1S/C19H23ClFN3O2/c1-2-22-19(23-11-14-5-3-4-6-18(14)20)24-12-16(25)13-26-17-9-7-15(21)8-10-17/h3-10,16,25H,2,11-13H2,1H3,(H2,22,23,24). The van der Waals surface area contributed by atoms with Gasteiger partial charge in [-0.25, -0.2) is 9.38 Å². The highest BCUT2D eigenvalue weighted by Crippen LogP contribution is 2.15. The van der Waals surface area contributed by atoms with E-state index in [4.69, 9.17) is 16.3 Å². The van der Waals surface area contributed by atoms with E-state index in [2.05, 4.69) is 15.6 Å². The van der Waals surface area contributed by atoms with Gasteiger partial charge in [-0.3, -0.25) is 0 Å². The second-order valence-corrected chi connectivity index (χ2v) is 5.99. The van der Waals surface area contributed by atoms with Crippen molar-refractivity contribution in [3.8, 4) is 5.75 Å². The number of guanidine groups is 1. The van der Waals surface area contributed by atoms with E-state index in [1.54, 1.807) is 0 Å². The topological polar surface area (TPSA) is 65.9 Å². The number of hydrogen-bond acceptors (Lipinski definition) is 3. The Morgan fingerprint density at radius 3 is 2.62 bits per heavy atom. The first-order valence-electron chi connectivity index (χ1n) is 8.40. The van der Waals surface area contributed by atoms with Gasteiger partial charge in [-0.2, -0.15) is 0 Å². The highest BCUT2D eigenvalue weighted by atomic mass is 35.5. The molecule has 0 aliphatic heterocycles. The number of ether oxygens (including phenoxy) is 1. The summed E-state index contributed by atoms with van der Waals surface area (Å²) in [5, 5.41) is 16.9. The second kappa shape index (κ2) is 10.6. The summed E-state index contributed by atoms with van der Waals surface area (Å²) in [5.74, 6) is 0.752. The number of halogens is 2. The normalized spacial score (nSPS) is 12.5. The van der Waals surface area contributed by atoms with Gasteiger partial charge >= 0.3 is 0 Å². The fourth-order valence-corrected chi connectivity index (χ4v) is 2.32. The third kappa shape index (κ3) is 6.90. The molecule has 0 radical (unpaired) electrons. The molecule has 0 aliphatic carbocycles. The molecular formula is C19H23ClFN3O2. The summed E-state index contributed by atoms with van der Waals surface area (Å²) in [6.45, 7) is 3.42. The van der Waals surface area contributed by atoms with Gasteiger partial charge in [0.05, 0.1) is 6.54 Å². The van der Waals surface area contributed by atoms with Gasteiger partial charge in [-0.15, -0.1) is 0 Å². The summed E-state index contributed by atoms with van der Waals surface area (Å²) in [5.41, 5.74) is 0.923. The molecule has 0 saturated carbocycles. The minimum absolute atomic E-state index is 0.0859. The lowest BCUT2D eigenvalue weighted by Gasteiger charge is -2.16. The Bertz CT molecular complexity index is 710. The van der Waals surface area contributed by atoms with Crippen LogP contribution in [0.1, 0.15) is 12.5 Å². The van der Waals surface area contributed by atoms with E-state index >= 15 is 0 Å². The lowest BCUT2D eigenvalue weighted by Crippen LogP contribution is -2.42. The maximum absolute atomic E-state index is 12.8. The quantitative estimate of drug-likeness (QED) is 0.487. The Morgan fingerprint density at radius 1 is 1.19 bits per heavy atom. The maximum atomic E-state index is 12.8. The van der Waals surface area contributed by atoms with Crippen LogP contribution >= 0.6 is 11.6 Å². The van der Waals surface area contributed by atoms with E-state index in [0.29, 0.717) is 29.8 Å². The second-order valence-electron chi connectivity index (χ2n) is 5.59. The molecule has 1 atom stereocenters. The molecule has 140 valence electrons. The third-order valence-electron chi connectivity index (χ3n) is 3.47. The van der Waals surface area contributed by atoms with Crippen molar-refractivity contribution in [1.29, 1.82) is 0 Å². The first kappa shape index (κ1) is 20.0. The molecule has 0 fully saturated rings. The highest BCUT2D eigenvalue weighted by Gasteiger charge is 2.07. The number of aliphatic imine (C=N–C) groups is 1. The number of aliphatic hydroxyl groups excluding tert-OH is 1. The Morgan fingerprint density at radius 2 is 1.92 bits per heavy atom. The summed E-state index contributed by atoms with van der Waals surface area (Å²) in [6, 6.07) is 13.2. The van der Waals surface area contributed by atoms with Gasteiger partial charge < -0.3 is 20.5 Å². The molecule has 5 nitrogen and oxygen atoms in total. The minimum Gasteiger partial charge on any atom is -0.491 e. The van der Waals surface area contributed by atoms with Gasteiger partial charge in [0.15, 0.2) is 5.96 Å². The number of benzene rings is 2. The summed E-state index contributed by atoms with van der Waals surface area (Å²) in [6.07, 6.45) is -0.746. The van der Waals surface area contributed by atoms with E-state index in [1.165, 1.54) is 24.3 Å². The average Bonchev–Trinajstić information content (AvgIpc) is 2.64. The molecule has 2 rings (SSSR count). The molecule has 7 heteroatoms. The smallest absolute Gasteiger partial charge is 0.191 e. The molecule has 0 heterocycles. The zero-order chi connectivity index (χ0) is 18.8. The maximum Gasteiger partial charge on any atom is 0.191 e. The molecule has 0 aliphatic rings. The van der Waals surface area contributed by atoms with E-state index in [0.717, 1.165) is 5.56 Å². The summed E-state index contributed by atoms with van der Waals surface area (Å²) in [4.78, 5) is 4.46. The van der Waals surface area contributed by atoms with Crippen LogP contribution in [-0.2, 0) is 6.54 Å². The van der Waals surface area contributed by atoms with Crippen molar-refractivity contribution in [2.75, 3.05) is 19.7 Å². The largest absolute Gasteiger partial charge is 0.491 e. The SMILES string of the molecule is CCNC(=NCc1ccccc1Cl)NCC(O)COc1ccc(F)cc1. The molecule has 0 saturated heterocycles. The van der Waals surface area contributed by atoms with Gasteiger partial charge in [0, 0.05) is 18.1 Å². The van der Waals surface area contributed by atoms with E-state index in [-0.39, 0.29) is 19.0 Å². The highest BCUT2D eigenvalue weighted by molar-refractivity contribution is 6.31.